The van der Waals surface area contributed by atoms with Gasteiger partial charge < -0.3 is 0 Å². The fourth-order valence-electron chi connectivity index (χ4n) is 1.39. The highest BCUT2D eigenvalue weighted by atomic mass is 35.5. The van der Waals surface area contributed by atoms with Crippen molar-refractivity contribution < 1.29 is 8.42 Å². The molecule has 2 aromatic rings. The van der Waals surface area contributed by atoms with Crippen molar-refractivity contribution in [2.75, 3.05) is 0 Å². The third-order valence-corrected chi connectivity index (χ3v) is 4.09. The molecule has 0 aliphatic carbocycles. The second-order valence-electron chi connectivity index (χ2n) is 3.64. The Morgan fingerprint density at radius 3 is 2.89 bits per heavy atom. The lowest BCUT2D eigenvalue weighted by atomic mass is 10.4. The van der Waals surface area contributed by atoms with Crippen LogP contribution in [-0.4, -0.2) is 23.2 Å². The number of nitrogens with one attached hydrogen (secondary N) is 1. The first-order chi connectivity index (χ1) is 8.49. The van der Waals surface area contributed by atoms with Crippen molar-refractivity contribution in [1.29, 1.82) is 0 Å². The maximum absolute atomic E-state index is 12.0. The number of aryl methyl sites for hydroxylation is 1. The Bertz CT molecular complexity index is 653. The van der Waals surface area contributed by atoms with Crippen LogP contribution in [0.5, 0.6) is 0 Å². The maximum Gasteiger partial charge on any atom is 0.243 e. The molecule has 2 aromatic heterocycles. The molecule has 1 N–H and O–H groups in total. The number of aromatic nitrogens is 3. The lowest BCUT2D eigenvalue weighted by Crippen LogP contribution is -2.23. The van der Waals surface area contributed by atoms with Gasteiger partial charge in [-0.2, -0.15) is 5.10 Å². The minimum atomic E-state index is -3.66. The molecule has 96 valence electrons. The van der Waals surface area contributed by atoms with Crippen molar-refractivity contribution in [3.63, 3.8) is 0 Å². The second-order valence-corrected chi connectivity index (χ2v) is 5.73. The summed E-state index contributed by atoms with van der Waals surface area (Å²) < 4.78 is 28.0. The summed E-state index contributed by atoms with van der Waals surface area (Å²) in [4.78, 5) is 3.70. The van der Waals surface area contributed by atoms with Gasteiger partial charge in [0.25, 0.3) is 0 Å². The van der Waals surface area contributed by atoms with Gasteiger partial charge in [0, 0.05) is 31.5 Å². The average molecular weight is 287 g/mol. The van der Waals surface area contributed by atoms with Crippen LogP contribution >= 0.6 is 11.6 Å². The van der Waals surface area contributed by atoms with Gasteiger partial charge >= 0.3 is 0 Å². The van der Waals surface area contributed by atoms with Gasteiger partial charge in [-0.1, -0.05) is 11.6 Å². The van der Waals surface area contributed by atoms with E-state index in [1.54, 1.807) is 24.1 Å². The molecule has 18 heavy (non-hydrogen) atoms. The smallest absolute Gasteiger partial charge is 0.243 e. The molecular weight excluding hydrogens is 276 g/mol. The number of sulfonamides is 1. The van der Waals surface area contributed by atoms with Gasteiger partial charge in [-0.05, 0) is 12.1 Å². The van der Waals surface area contributed by atoms with Gasteiger partial charge in [0.15, 0.2) is 0 Å². The molecular formula is C10H11ClN4O2S. The van der Waals surface area contributed by atoms with Gasteiger partial charge in [0.05, 0.1) is 6.20 Å². The fraction of sp³-hybridized carbons (Fsp3) is 0.200. The largest absolute Gasteiger partial charge is 0.275 e. The van der Waals surface area contributed by atoms with Crippen LogP contribution in [0, 0.1) is 0 Å². The van der Waals surface area contributed by atoms with Crippen LogP contribution in [0.3, 0.4) is 0 Å². The molecule has 0 amide bonds. The Morgan fingerprint density at radius 1 is 1.50 bits per heavy atom. The molecule has 0 spiro atoms. The highest BCUT2D eigenvalue weighted by Gasteiger charge is 2.17. The third kappa shape index (κ3) is 2.87. The van der Waals surface area contributed by atoms with E-state index < -0.39 is 10.0 Å². The zero-order valence-electron chi connectivity index (χ0n) is 9.54. The molecule has 0 aliphatic rings. The van der Waals surface area contributed by atoms with Crippen molar-refractivity contribution >= 4 is 21.6 Å². The van der Waals surface area contributed by atoms with Crippen LogP contribution < -0.4 is 4.72 Å². The average Bonchev–Trinajstić information content (AvgIpc) is 2.73. The van der Waals surface area contributed by atoms with E-state index in [1.165, 1.54) is 18.3 Å². The first kappa shape index (κ1) is 13.0. The summed E-state index contributed by atoms with van der Waals surface area (Å²) >= 11 is 5.75. The van der Waals surface area contributed by atoms with Gasteiger partial charge in [-0.3, -0.25) is 4.68 Å². The zero-order valence-corrected chi connectivity index (χ0v) is 11.1. The highest BCUT2D eigenvalue weighted by molar-refractivity contribution is 7.89. The van der Waals surface area contributed by atoms with Crippen LogP contribution in [-0.2, 0) is 23.6 Å². The Hall–Kier alpha value is -1.44. The first-order valence-corrected chi connectivity index (χ1v) is 6.93. The van der Waals surface area contributed by atoms with E-state index in [1.807, 2.05) is 0 Å². The molecule has 0 fully saturated rings. The zero-order chi connectivity index (χ0) is 13.2. The van der Waals surface area contributed by atoms with E-state index in [2.05, 4.69) is 14.8 Å². The molecule has 8 heteroatoms. The van der Waals surface area contributed by atoms with Gasteiger partial charge in [-0.25, -0.2) is 18.1 Å². The van der Waals surface area contributed by atoms with Crippen molar-refractivity contribution in [3.05, 3.63) is 41.4 Å². The number of rotatable bonds is 4. The fourth-order valence-corrected chi connectivity index (χ4v) is 2.86. The number of halogens is 1. The molecule has 2 rings (SSSR count). The Balaban J connectivity index is 2.16. The van der Waals surface area contributed by atoms with Crippen molar-refractivity contribution in [2.45, 2.75) is 11.4 Å². The summed E-state index contributed by atoms with van der Waals surface area (Å²) in [5, 5.41) is 3.91. The molecule has 0 saturated heterocycles. The second kappa shape index (κ2) is 5.05. The van der Waals surface area contributed by atoms with Crippen LogP contribution in [0.2, 0.25) is 5.15 Å². The van der Waals surface area contributed by atoms with Crippen molar-refractivity contribution in [2.24, 2.45) is 7.05 Å². The standard InChI is InChI=1S/C10H11ClN4O2S/c1-15-7-8(5-13-15)6-14-18(16,17)9-3-2-4-12-10(9)11/h2-5,7,14H,6H2,1H3. The van der Waals surface area contributed by atoms with E-state index in [9.17, 15) is 8.42 Å². The summed E-state index contributed by atoms with van der Waals surface area (Å²) in [6.45, 7) is 0.154. The number of nitrogens with zero attached hydrogens (tertiary/aromatic N) is 3. The molecule has 0 saturated carbocycles. The summed E-state index contributed by atoms with van der Waals surface area (Å²) in [6.07, 6.45) is 4.75. The first-order valence-electron chi connectivity index (χ1n) is 5.07. The molecule has 0 radical (unpaired) electrons. The van der Waals surface area contributed by atoms with Gasteiger partial charge in [0.1, 0.15) is 10.0 Å². The summed E-state index contributed by atoms with van der Waals surface area (Å²) in [6, 6.07) is 2.92. The Kier molecular flexibility index (Phi) is 3.65. The summed E-state index contributed by atoms with van der Waals surface area (Å²) in [5.74, 6) is 0. The van der Waals surface area contributed by atoms with E-state index in [4.69, 9.17) is 11.6 Å². The van der Waals surface area contributed by atoms with E-state index in [0.717, 1.165) is 5.56 Å². The molecule has 0 aromatic carbocycles. The number of hydrogen-bond donors (Lipinski definition) is 1. The molecule has 0 atom stereocenters. The minimum absolute atomic E-state index is 0.0319. The molecule has 0 unspecified atom stereocenters. The summed E-state index contributed by atoms with van der Waals surface area (Å²) in [5.41, 5.74) is 0.765. The Morgan fingerprint density at radius 2 is 2.28 bits per heavy atom. The van der Waals surface area contributed by atoms with Gasteiger partial charge in [0.2, 0.25) is 10.0 Å². The maximum atomic E-state index is 12.0. The van der Waals surface area contributed by atoms with Crippen LogP contribution in [0.4, 0.5) is 0 Å². The van der Waals surface area contributed by atoms with Gasteiger partial charge in [-0.15, -0.1) is 0 Å². The van der Waals surface area contributed by atoms with Crippen molar-refractivity contribution in [1.82, 2.24) is 19.5 Å². The van der Waals surface area contributed by atoms with Crippen LogP contribution in [0.15, 0.2) is 35.6 Å². The molecule has 6 nitrogen and oxygen atoms in total. The minimum Gasteiger partial charge on any atom is -0.275 e. The van der Waals surface area contributed by atoms with Crippen LogP contribution in [0.1, 0.15) is 5.56 Å². The molecule has 0 bridgehead atoms. The van der Waals surface area contributed by atoms with E-state index >= 15 is 0 Å². The van der Waals surface area contributed by atoms with E-state index in [-0.39, 0.29) is 16.6 Å². The quantitative estimate of drug-likeness (QED) is 0.849. The number of hydrogen-bond acceptors (Lipinski definition) is 4. The summed E-state index contributed by atoms with van der Waals surface area (Å²) in [7, 11) is -1.90. The van der Waals surface area contributed by atoms with Crippen LogP contribution in [0.25, 0.3) is 0 Å². The number of pyridine rings is 1. The SMILES string of the molecule is Cn1cc(CNS(=O)(=O)c2cccnc2Cl)cn1. The topological polar surface area (TPSA) is 76.9 Å². The molecule has 0 aliphatic heterocycles. The monoisotopic (exact) mass is 286 g/mol. The molecule has 2 heterocycles. The lowest BCUT2D eigenvalue weighted by molar-refractivity contribution is 0.581. The normalized spacial score (nSPS) is 11.7. The van der Waals surface area contributed by atoms with E-state index in [0.29, 0.717) is 0 Å². The highest BCUT2D eigenvalue weighted by Crippen LogP contribution is 2.17. The predicted molar refractivity (Wildman–Crippen MR) is 66.5 cm³/mol. The Labute approximate surface area is 110 Å². The lowest BCUT2D eigenvalue weighted by Gasteiger charge is -2.06. The van der Waals surface area contributed by atoms with Crippen molar-refractivity contribution in [3.8, 4) is 0 Å². The third-order valence-electron chi connectivity index (χ3n) is 2.24. The predicted octanol–water partition coefficient (Wildman–Crippen LogP) is 0.947.